The average Bonchev–Trinajstić information content (AvgIpc) is 2.68. The molecule has 0 unspecified atom stereocenters. The fourth-order valence-corrected chi connectivity index (χ4v) is 2.30. The summed E-state index contributed by atoms with van der Waals surface area (Å²) in [5, 5.41) is 5.03. The minimum atomic E-state index is -0.782. The van der Waals surface area contributed by atoms with Crippen molar-refractivity contribution in [1.82, 2.24) is 5.32 Å². The number of rotatable bonds is 6. The van der Waals surface area contributed by atoms with Crippen LogP contribution >= 0.6 is 0 Å². The third-order valence-electron chi connectivity index (χ3n) is 3.64. The Labute approximate surface area is 151 Å². The summed E-state index contributed by atoms with van der Waals surface area (Å²) in [6.07, 6.45) is 0.539. The molecule has 7 heteroatoms. The highest BCUT2D eigenvalue weighted by Crippen LogP contribution is 2.17. The second kappa shape index (κ2) is 9.22. The van der Waals surface area contributed by atoms with E-state index in [1.807, 2.05) is 24.3 Å². The minimum Gasteiger partial charge on any atom is -0.496 e. The predicted octanol–water partition coefficient (Wildman–Crippen LogP) is 1.78. The molecule has 0 heterocycles. The smallest absolute Gasteiger partial charge is 0.337 e. The Hall–Kier alpha value is -3.35. The SMILES string of the molecule is COC(=O)c1ccc(NC(=O)C(=O)NCCc2ccccc2OC)cc1. The molecule has 0 bridgehead atoms. The number of benzene rings is 2. The van der Waals surface area contributed by atoms with Crippen LogP contribution in [0.1, 0.15) is 15.9 Å². The summed E-state index contributed by atoms with van der Waals surface area (Å²) in [6.45, 7) is 0.300. The van der Waals surface area contributed by atoms with E-state index in [0.29, 0.717) is 24.2 Å². The van der Waals surface area contributed by atoms with Crippen LogP contribution in [-0.2, 0) is 20.7 Å². The lowest BCUT2D eigenvalue weighted by Crippen LogP contribution is -2.36. The van der Waals surface area contributed by atoms with Crippen LogP contribution in [-0.4, -0.2) is 38.5 Å². The highest BCUT2D eigenvalue weighted by molar-refractivity contribution is 6.39. The van der Waals surface area contributed by atoms with Gasteiger partial charge in [-0.05, 0) is 42.3 Å². The average molecular weight is 356 g/mol. The summed E-state index contributed by atoms with van der Waals surface area (Å²) >= 11 is 0. The van der Waals surface area contributed by atoms with Crippen LogP contribution in [0.25, 0.3) is 0 Å². The maximum atomic E-state index is 11.9. The third kappa shape index (κ3) is 5.07. The lowest BCUT2D eigenvalue weighted by atomic mass is 10.1. The molecule has 0 aromatic heterocycles. The molecule has 2 amide bonds. The zero-order valence-electron chi connectivity index (χ0n) is 14.6. The monoisotopic (exact) mass is 356 g/mol. The van der Waals surface area contributed by atoms with Gasteiger partial charge < -0.3 is 20.1 Å². The van der Waals surface area contributed by atoms with Gasteiger partial charge in [-0.2, -0.15) is 0 Å². The van der Waals surface area contributed by atoms with Gasteiger partial charge in [0, 0.05) is 12.2 Å². The van der Waals surface area contributed by atoms with Crippen molar-refractivity contribution in [1.29, 1.82) is 0 Å². The molecule has 0 spiro atoms. The number of esters is 1. The topological polar surface area (TPSA) is 93.7 Å². The van der Waals surface area contributed by atoms with E-state index in [2.05, 4.69) is 15.4 Å². The minimum absolute atomic E-state index is 0.300. The summed E-state index contributed by atoms with van der Waals surface area (Å²) in [4.78, 5) is 35.2. The van der Waals surface area contributed by atoms with E-state index in [0.717, 1.165) is 11.3 Å². The molecule has 2 rings (SSSR count). The van der Waals surface area contributed by atoms with E-state index < -0.39 is 17.8 Å². The molecule has 0 aliphatic heterocycles. The van der Waals surface area contributed by atoms with Crippen molar-refractivity contribution in [2.24, 2.45) is 0 Å². The highest BCUT2D eigenvalue weighted by atomic mass is 16.5. The predicted molar refractivity (Wildman–Crippen MR) is 96.1 cm³/mol. The van der Waals surface area contributed by atoms with E-state index in [9.17, 15) is 14.4 Å². The summed E-state index contributed by atoms with van der Waals surface area (Å²) in [7, 11) is 2.86. The van der Waals surface area contributed by atoms with Crippen LogP contribution in [0.3, 0.4) is 0 Å². The number of carbonyl (C=O) groups is 3. The van der Waals surface area contributed by atoms with Crippen LogP contribution in [0, 0.1) is 0 Å². The van der Waals surface area contributed by atoms with Crippen molar-refractivity contribution < 1.29 is 23.9 Å². The van der Waals surface area contributed by atoms with Crippen molar-refractivity contribution in [2.75, 3.05) is 26.1 Å². The highest BCUT2D eigenvalue weighted by Gasteiger charge is 2.14. The van der Waals surface area contributed by atoms with Gasteiger partial charge in [-0.25, -0.2) is 4.79 Å². The van der Waals surface area contributed by atoms with Gasteiger partial charge in [0.1, 0.15) is 5.75 Å². The van der Waals surface area contributed by atoms with E-state index in [1.165, 1.54) is 31.4 Å². The quantitative estimate of drug-likeness (QED) is 0.608. The molecular formula is C19H20N2O5. The summed E-state index contributed by atoms with van der Waals surface area (Å²) in [5.41, 5.74) is 1.70. The van der Waals surface area contributed by atoms with Crippen LogP contribution < -0.4 is 15.4 Å². The molecule has 0 aliphatic rings. The molecule has 2 aromatic carbocycles. The standard InChI is InChI=1S/C19H20N2O5/c1-25-16-6-4-3-5-13(16)11-12-20-17(22)18(23)21-15-9-7-14(8-10-15)19(24)26-2/h3-10H,11-12H2,1-2H3,(H,20,22)(H,21,23). The number of ether oxygens (including phenoxy) is 2. The van der Waals surface area contributed by atoms with Gasteiger partial charge in [0.15, 0.2) is 0 Å². The Morgan fingerprint density at radius 1 is 0.923 bits per heavy atom. The number of carbonyl (C=O) groups excluding carboxylic acids is 3. The van der Waals surface area contributed by atoms with Gasteiger partial charge in [0.25, 0.3) is 0 Å². The van der Waals surface area contributed by atoms with E-state index in [-0.39, 0.29) is 0 Å². The molecule has 0 fully saturated rings. The van der Waals surface area contributed by atoms with Crippen molar-refractivity contribution in [3.05, 3.63) is 59.7 Å². The molecule has 2 aromatic rings. The van der Waals surface area contributed by atoms with Gasteiger partial charge in [-0.3, -0.25) is 9.59 Å². The molecule has 2 N–H and O–H groups in total. The van der Waals surface area contributed by atoms with Crippen LogP contribution in [0.2, 0.25) is 0 Å². The lowest BCUT2D eigenvalue weighted by molar-refractivity contribution is -0.136. The fourth-order valence-electron chi connectivity index (χ4n) is 2.30. The molecule has 0 saturated carbocycles. The van der Waals surface area contributed by atoms with Gasteiger partial charge in [-0.15, -0.1) is 0 Å². The molecular weight excluding hydrogens is 336 g/mol. The number of nitrogens with one attached hydrogen (secondary N) is 2. The number of methoxy groups -OCH3 is 2. The molecule has 26 heavy (non-hydrogen) atoms. The van der Waals surface area contributed by atoms with E-state index in [1.54, 1.807) is 7.11 Å². The first-order valence-corrected chi connectivity index (χ1v) is 7.94. The number of para-hydroxylation sites is 1. The number of hydrogen-bond donors (Lipinski definition) is 2. The van der Waals surface area contributed by atoms with Gasteiger partial charge in [-0.1, -0.05) is 18.2 Å². The van der Waals surface area contributed by atoms with Gasteiger partial charge in [0.2, 0.25) is 0 Å². The summed E-state index contributed by atoms with van der Waals surface area (Å²) < 4.78 is 9.83. The molecule has 7 nitrogen and oxygen atoms in total. The molecule has 0 radical (unpaired) electrons. The fraction of sp³-hybridized carbons (Fsp3) is 0.211. The molecule has 0 atom stereocenters. The number of hydrogen-bond acceptors (Lipinski definition) is 5. The van der Waals surface area contributed by atoms with Crippen molar-refractivity contribution in [3.8, 4) is 5.75 Å². The van der Waals surface area contributed by atoms with Gasteiger partial charge in [0.05, 0.1) is 19.8 Å². The first kappa shape index (κ1) is 19.0. The first-order valence-electron chi connectivity index (χ1n) is 7.94. The summed E-state index contributed by atoms with van der Waals surface area (Å²) in [6, 6.07) is 13.5. The van der Waals surface area contributed by atoms with Crippen LogP contribution in [0.4, 0.5) is 5.69 Å². The molecule has 136 valence electrons. The van der Waals surface area contributed by atoms with Crippen LogP contribution in [0.15, 0.2) is 48.5 Å². The zero-order valence-corrected chi connectivity index (χ0v) is 14.6. The van der Waals surface area contributed by atoms with Crippen molar-refractivity contribution in [3.63, 3.8) is 0 Å². The number of anilines is 1. The van der Waals surface area contributed by atoms with Gasteiger partial charge >= 0.3 is 17.8 Å². The van der Waals surface area contributed by atoms with Crippen LogP contribution in [0.5, 0.6) is 5.75 Å². The van der Waals surface area contributed by atoms with Crippen molar-refractivity contribution >= 4 is 23.5 Å². The maximum Gasteiger partial charge on any atom is 0.337 e. The Morgan fingerprint density at radius 2 is 1.62 bits per heavy atom. The Morgan fingerprint density at radius 3 is 2.27 bits per heavy atom. The first-order chi connectivity index (χ1) is 12.5. The Bertz CT molecular complexity index is 787. The zero-order chi connectivity index (χ0) is 18.9. The maximum absolute atomic E-state index is 11.9. The Kier molecular flexibility index (Phi) is 6.73. The third-order valence-corrected chi connectivity index (χ3v) is 3.64. The second-order valence-electron chi connectivity index (χ2n) is 5.34. The summed E-state index contributed by atoms with van der Waals surface area (Å²) in [5.74, 6) is -1.26. The largest absolute Gasteiger partial charge is 0.496 e. The molecule has 0 saturated heterocycles. The normalized spacial score (nSPS) is 9.92. The second-order valence-corrected chi connectivity index (χ2v) is 5.34. The lowest BCUT2D eigenvalue weighted by Gasteiger charge is -2.09. The van der Waals surface area contributed by atoms with E-state index in [4.69, 9.17) is 4.74 Å². The van der Waals surface area contributed by atoms with Crippen molar-refractivity contribution in [2.45, 2.75) is 6.42 Å². The number of amides is 2. The van der Waals surface area contributed by atoms with E-state index >= 15 is 0 Å². The molecule has 0 aliphatic carbocycles. The Balaban J connectivity index is 1.84.